The molecule has 0 bridgehead atoms. The van der Waals surface area contributed by atoms with Gasteiger partial charge in [0.25, 0.3) is 0 Å². The summed E-state index contributed by atoms with van der Waals surface area (Å²) in [5, 5.41) is 3.36. The molecule has 2 heteroatoms. The Morgan fingerprint density at radius 3 is 1.71 bits per heavy atom. The monoisotopic (exact) mass is 215 g/mol. The second-order valence-electron chi connectivity index (χ2n) is 5.75. The minimum Gasteiger partial charge on any atom is -0.377 e. The molecule has 1 N–H and O–H groups in total. The number of hydrogen-bond donors (Lipinski definition) is 1. The third-order valence-electron chi connectivity index (χ3n) is 2.31. The lowest BCUT2D eigenvalue weighted by Gasteiger charge is -2.35. The molecule has 0 fully saturated rings. The van der Waals surface area contributed by atoms with Crippen molar-refractivity contribution in [1.29, 1.82) is 0 Å². The van der Waals surface area contributed by atoms with Gasteiger partial charge in [0.2, 0.25) is 0 Å². The Hall–Kier alpha value is -0.110. The highest BCUT2D eigenvalue weighted by Crippen LogP contribution is 2.32. The fourth-order valence-corrected chi connectivity index (χ4v) is 2.93. The highest BCUT2D eigenvalue weighted by atomic mass is 32.1. The molecule has 0 saturated heterocycles. The zero-order valence-corrected chi connectivity index (χ0v) is 11.5. The summed E-state index contributed by atoms with van der Waals surface area (Å²) >= 11 is 5.46. The molecule has 0 aliphatic carbocycles. The van der Waals surface area contributed by atoms with E-state index in [1.54, 1.807) is 0 Å². The van der Waals surface area contributed by atoms with Crippen molar-refractivity contribution in [2.75, 3.05) is 0 Å². The second-order valence-corrected chi connectivity index (χ2v) is 6.19. The maximum Gasteiger partial charge on any atom is 0.0794 e. The van der Waals surface area contributed by atoms with Gasteiger partial charge in [-0.3, -0.25) is 0 Å². The van der Waals surface area contributed by atoms with Crippen molar-refractivity contribution in [1.82, 2.24) is 5.32 Å². The van der Waals surface area contributed by atoms with E-state index in [0.29, 0.717) is 17.9 Å². The van der Waals surface area contributed by atoms with Crippen molar-refractivity contribution in [2.24, 2.45) is 17.3 Å². The van der Waals surface area contributed by atoms with Crippen molar-refractivity contribution in [3.63, 3.8) is 0 Å². The second kappa shape index (κ2) is 5.11. The molecule has 0 spiro atoms. The summed E-state index contributed by atoms with van der Waals surface area (Å²) in [6.45, 7) is 15.5. The largest absolute Gasteiger partial charge is 0.377 e. The summed E-state index contributed by atoms with van der Waals surface area (Å²) in [5.74, 6) is 1.05. The average molecular weight is 215 g/mol. The SMILES string of the molecule is CC(C)NC(=S)C(C(C)C)C(C)(C)C. The van der Waals surface area contributed by atoms with Crippen LogP contribution in [0.25, 0.3) is 0 Å². The summed E-state index contributed by atoms with van der Waals surface area (Å²) in [7, 11) is 0. The molecule has 0 aliphatic rings. The van der Waals surface area contributed by atoms with E-state index in [-0.39, 0.29) is 5.41 Å². The molecule has 0 amide bonds. The van der Waals surface area contributed by atoms with Crippen LogP contribution in [0.4, 0.5) is 0 Å². The van der Waals surface area contributed by atoms with Crippen LogP contribution in [0.15, 0.2) is 0 Å². The molecule has 0 rings (SSSR count). The lowest BCUT2D eigenvalue weighted by Crippen LogP contribution is -2.42. The highest BCUT2D eigenvalue weighted by molar-refractivity contribution is 7.80. The summed E-state index contributed by atoms with van der Waals surface area (Å²) in [6.07, 6.45) is 0. The molecule has 0 aromatic heterocycles. The average Bonchev–Trinajstić information content (AvgIpc) is 1.78. The lowest BCUT2D eigenvalue weighted by atomic mass is 9.74. The normalized spacial score (nSPS) is 14.6. The van der Waals surface area contributed by atoms with E-state index in [4.69, 9.17) is 12.2 Å². The molecule has 0 heterocycles. The molecule has 0 saturated carbocycles. The van der Waals surface area contributed by atoms with Crippen molar-refractivity contribution < 1.29 is 0 Å². The molecule has 84 valence electrons. The van der Waals surface area contributed by atoms with Gasteiger partial charge >= 0.3 is 0 Å². The standard InChI is InChI=1S/C12H25NS/c1-8(2)10(12(5,6)7)11(14)13-9(3)4/h8-10H,1-7H3,(H,13,14). The van der Waals surface area contributed by atoms with E-state index in [1.807, 2.05) is 0 Å². The van der Waals surface area contributed by atoms with E-state index >= 15 is 0 Å². The molecule has 0 radical (unpaired) electrons. The topological polar surface area (TPSA) is 12.0 Å². The summed E-state index contributed by atoms with van der Waals surface area (Å²) < 4.78 is 0. The van der Waals surface area contributed by atoms with Crippen LogP contribution in [0.3, 0.4) is 0 Å². The summed E-state index contributed by atoms with van der Waals surface area (Å²) in [4.78, 5) is 1.02. The smallest absolute Gasteiger partial charge is 0.0794 e. The Labute approximate surface area is 94.7 Å². The molecule has 0 aromatic rings. The van der Waals surface area contributed by atoms with Gasteiger partial charge in [-0.1, -0.05) is 46.8 Å². The van der Waals surface area contributed by atoms with Crippen LogP contribution in [0, 0.1) is 17.3 Å². The Balaban J connectivity index is 4.60. The fraction of sp³-hybridized carbons (Fsp3) is 0.917. The van der Waals surface area contributed by atoms with Crippen molar-refractivity contribution in [3.05, 3.63) is 0 Å². The van der Waals surface area contributed by atoms with Gasteiger partial charge in [0.05, 0.1) is 4.99 Å². The van der Waals surface area contributed by atoms with Crippen molar-refractivity contribution in [2.45, 2.75) is 54.5 Å². The molecule has 14 heavy (non-hydrogen) atoms. The van der Waals surface area contributed by atoms with E-state index in [1.165, 1.54) is 0 Å². The van der Waals surface area contributed by atoms with Gasteiger partial charge in [-0.15, -0.1) is 0 Å². The van der Waals surface area contributed by atoms with Gasteiger partial charge in [-0.25, -0.2) is 0 Å². The maximum absolute atomic E-state index is 5.46. The summed E-state index contributed by atoms with van der Waals surface area (Å²) in [5.41, 5.74) is 0.243. The first kappa shape index (κ1) is 13.9. The van der Waals surface area contributed by atoms with Crippen molar-refractivity contribution >= 4 is 17.2 Å². The first-order chi connectivity index (χ1) is 6.16. The Morgan fingerprint density at radius 1 is 1.07 bits per heavy atom. The minimum absolute atomic E-state index is 0.243. The molecule has 1 atom stereocenters. The third kappa shape index (κ3) is 4.41. The van der Waals surface area contributed by atoms with E-state index in [0.717, 1.165) is 4.99 Å². The molecule has 0 aliphatic heterocycles. The zero-order chi connectivity index (χ0) is 11.5. The number of rotatable bonds is 3. The van der Waals surface area contributed by atoms with Gasteiger partial charge in [0.15, 0.2) is 0 Å². The first-order valence-electron chi connectivity index (χ1n) is 5.46. The Kier molecular flexibility index (Phi) is 5.07. The quantitative estimate of drug-likeness (QED) is 0.722. The van der Waals surface area contributed by atoms with Crippen LogP contribution in [0.1, 0.15) is 48.5 Å². The van der Waals surface area contributed by atoms with E-state index in [9.17, 15) is 0 Å². The van der Waals surface area contributed by atoms with Gasteiger partial charge in [-0.05, 0) is 25.2 Å². The predicted octanol–water partition coefficient (Wildman–Crippen LogP) is 3.63. The van der Waals surface area contributed by atoms with Crippen LogP contribution >= 0.6 is 12.2 Å². The fourth-order valence-electron chi connectivity index (χ4n) is 2.07. The third-order valence-corrected chi connectivity index (χ3v) is 2.68. The molecule has 1 unspecified atom stereocenters. The van der Waals surface area contributed by atoms with E-state index < -0.39 is 0 Å². The highest BCUT2D eigenvalue weighted by Gasteiger charge is 2.31. The van der Waals surface area contributed by atoms with Gasteiger partial charge in [0.1, 0.15) is 0 Å². The predicted molar refractivity (Wildman–Crippen MR) is 68.7 cm³/mol. The maximum atomic E-state index is 5.46. The molecule has 1 nitrogen and oxygen atoms in total. The van der Waals surface area contributed by atoms with Crippen molar-refractivity contribution in [3.8, 4) is 0 Å². The van der Waals surface area contributed by atoms with Crippen LogP contribution in [-0.2, 0) is 0 Å². The lowest BCUT2D eigenvalue weighted by molar-refractivity contribution is 0.247. The van der Waals surface area contributed by atoms with E-state index in [2.05, 4.69) is 53.8 Å². The Bertz CT molecular complexity index is 189. The minimum atomic E-state index is 0.243. The molecular formula is C12H25NS. The number of thiocarbonyl (C=S) groups is 1. The zero-order valence-electron chi connectivity index (χ0n) is 10.6. The Morgan fingerprint density at radius 2 is 1.50 bits per heavy atom. The van der Waals surface area contributed by atoms with Gasteiger partial charge in [-0.2, -0.15) is 0 Å². The number of hydrogen-bond acceptors (Lipinski definition) is 1. The number of nitrogens with one attached hydrogen (secondary N) is 1. The first-order valence-corrected chi connectivity index (χ1v) is 5.87. The van der Waals surface area contributed by atoms with Gasteiger partial charge < -0.3 is 5.32 Å². The van der Waals surface area contributed by atoms with Crippen LogP contribution in [-0.4, -0.2) is 11.0 Å². The van der Waals surface area contributed by atoms with Crippen LogP contribution in [0.5, 0.6) is 0 Å². The van der Waals surface area contributed by atoms with Gasteiger partial charge in [0, 0.05) is 12.0 Å². The molecule has 0 aromatic carbocycles. The molecular weight excluding hydrogens is 190 g/mol. The van der Waals surface area contributed by atoms with Crippen LogP contribution < -0.4 is 5.32 Å². The van der Waals surface area contributed by atoms with Crippen LogP contribution in [0.2, 0.25) is 0 Å². The summed E-state index contributed by atoms with van der Waals surface area (Å²) in [6, 6.07) is 0.436.